The Morgan fingerprint density at radius 1 is 1.00 bits per heavy atom. The van der Waals surface area contributed by atoms with E-state index in [1.54, 1.807) is 25.3 Å². The molecule has 4 rings (SSSR count). The number of carbonyl (C=O) groups excluding carboxylic acids is 2. The van der Waals surface area contributed by atoms with E-state index in [1.165, 1.54) is 30.0 Å². The van der Waals surface area contributed by atoms with Gasteiger partial charge in [-0.3, -0.25) is 14.3 Å². The van der Waals surface area contributed by atoms with E-state index in [0.29, 0.717) is 11.3 Å². The topological polar surface area (TPSA) is 95.6 Å². The molecule has 3 aromatic rings. The van der Waals surface area contributed by atoms with Crippen molar-refractivity contribution in [2.45, 2.75) is 31.2 Å². The molecule has 1 aliphatic rings. The summed E-state index contributed by atoms with van der Waals surface area (Å²) in [4.78, 5) is 26.6. The molecule has 2 N–H and O–H groups in total. The monoisotopic (exact) mass is 493 g/mol. The molecule has 0 saturated carbocycles. The average molecular weight is 494 g/mol. The minimum absolute atomic E-state index is 0.00920. The van der Waals surface area contributed by atoms with Crippen molar-refractivity contribution in [3.05, 3.63) is 95.4 Å². The van der Waals surface area contributed by atoms with Crippen molar-refractivity contribution in [1.29, 1.82) is 0 Å². The predicted molar refractivity (Wildman–Crippen MR) is 132 cm³/mol. The van der Waals surface area contributed by atoms with Crippen LogP contribution in [0.15, 0.2) is 77.8 Å². The quantitative estimate of drug-likeness (QED) is 0.514. The highest BCUT2D eigenvalue weighted by Crippen LogP contribution is 2.33. The number of rotatable bonds is 6. The van der Waals surface area contributed by atoms with Gasteiger partial charge in [-0.1, -0.05) is 30.3 Å². The Morgan fingerprint density at radius 3 is 2.40 bits per heavy atom. The molecular formula is C26H24FN3O4S. The summed E-state index contributed by atoms with van der Waals surface area (Å²) in [6.07, 6.45) is 3.49. The number of nitrogens with one attached hydrogen (secondary N) is 2. The molecular weight excluding hydrogens is 469 g/mol. The Hall–Kier alpha value is -3.98. The van der Waals surface area contributed by atoms with E-state index in [2.05, 4.69) is 10.0 Å². The summed E-state index contributed by atoms with van der Waals surface area (Å²) >= 11 is 0. The fourth-order valence-electron chi connectivity index (χ4n) is 4.00. The zero-order chi connectivity index (χ0) is 25.2. The van der Waals surface area contributed by atoms with Gasteiger partial charge in [-0.05, 0) is 66.1 Å². The van der Waals surface area contributed by atoms with Crippen LogP contribution in [-0.2, 0) is 19.6 Å². The molecule has 35 heavy (non-hydrogen) atoms. The number of amides is 2. The number of nitrogens with zero attached hydrogens (tertiary/aromatic N) is 1. The van der Waals surface area contributed by atoms with Crippen LogP contribution in [0.1, 0.15) is 36.1 Å². The summed E-state index contributed by atoms with van der Waals surface area (Å²) in [5.41, 5.74) is 2.78. The summed E-state index contributed by atoms with van der Waals surface area (Å²) < 4.78 is 41.5. The fraction of sp³-hybridized carbons (Fsp3) is 0.154. The lowest BCUT2D eigenvalue weighted by atomic mass is 9.93. The molecule has 0 aromatic heterocycles. The van der Waals surface area contributed by atoms with Crippen LogP contribution in [-0.4, -0.2) is 25.1 Å². The minimum Gasteiger partial charge on any atom is -0.326 e. The van der Waals surface area contributed by atoms with E-state index >= 15 is 0 Å². The van der Waals surface area contributed by atoms with Gasteiger partial charge in [0.15, 0.2) is 0 Å². The van der Waals surface area contributed by atoms with Crippen molar-refractivity contribution >= 4 is 39.3 Å². The third-order valence-corrected chi connectivity index (χ3v) is 7.23. The summed E-state index contributed by atoms with van der Waals surface area (Å²) in [6.45, 7) is 3.08. The van der Waals surface area contributed by atoms with E-state index in [4.69, 9.17) is 0 Å². The number of hydrogen-bond acceptors (Lipinski definition) is 4. The summed E-state index contributed by atoms with van der Waals surface area (Å²) in [7, 11) is -3.99. The van der Waals surface area contributed by atoms with Crippen molar-refractivity contribution in [3.63, 3.8) is 0 Å². The Bertz CT molecular complexity index is 1420. The maximum absolute atomic E-state index is 13.2. The second kappa shape index (κ2) is 9.71. The number of benzene rings is 3. The number of halogens is 1. The van der Waals surface area contributed by atoms with Gasteiger partial charge in [0.05, 0.1) is 17.4 Å². The molecule has 1 heterocycles. The molecule has 9 heteroatoms. The number of fused-ring (bicyclic) bond motifs is 1. The van der Waals surface area contributed by atoms with Gasteiger partial charge >= 0.3 is 0 Å². The molecule has 0 unspecified atom stereocenters. The van der Waals surface area contributed by atoms with E-state index < -0.39 is 21.9 Å². The first-order chi connectivity index (χ1) is 16.6. The Labute approximate surface area is 203 Å². The van der Waals surface area contributed by atoms with Crippen molar-refractivity contribution in [3.8, 4) is 0 Å². The second-order valence-corrected chi connectivity index (χ2v) is 9.88. The Balaban J connectivity index is 1.54. The van der Waals surface area contributed by atoms with Gasteiger partial charge in [0.1, 0.15) is 5.82 Å². The van der Waals surface area contributed by atoms with Crippen LogP contribution in [0.3, 0.4) is 0 Å². The van der Waals surface area contributed by atoms with Gasteiger partial charge in [-0.25, -0.2) is 12.8 Å². The zero-order valence-electron chi connectivity index (χ0n) is 19.2. The van der Waals surface area contributed by atoms with Crippen molar-refractivity contribution < 1.29 is 22.4 Å². The van der Waals surface area contributed by atoms with Gasteiger partial charge in [-0.15, -0.1) is 0 Å². The first kappa shape index (κ1) is 24.2. The first-order valence-corrected chi connectivity index (χ1v) is 12.4. The van der Waals surface area contributed by atoms with Crippen LogP contribution in [0.5, 0.6) is 0 Å². The molecule has 0 saturated heterocycles. The molecule has 0 fully saturated rings. The first-order valence-electron chi connectivity index (χ1n) is 10.9. The molecule has 1 aliphatic heterocycles. The van der Waals surface area contributed by atoms with Gasteiger partial charge < -0.3 is 10.2 Å². The lowest BCUT2D eigenvalue weighted by Gasteiger charge is -2.32. The number of aryl methyl sites for hydroxylation is 1. The van der Waals surface area contributed by atoms with E-state index in [-0.39, 0.29) is 28.8 Å². The number of carbonyl (C=O) groups is 2. The third-order valence-electron chi connectivity index (χ3n) is 5.71. The highest BCUT2D eigenvalue weighted by Gasteiger charge is 2.28. The van der Waals surface area contributed by atoms with Gasteiger partial charge in [-0.2, -0.15) is 0 Å². The molecule has 1 atom stereocenters. The van der Waals surface area contributed by atoms with Crippen molar-refractivity contribution in [2.24, 2.45) is 0 Å². The van der Waals surface area contributed by atoms with Gasteiger partial charge in [0.2, 0.25) is 11.8 Å². The minimum atomic E-state index is -3.99. The molecule has 0 aliphatic carbocycles. The van der Waals surface area contributed by atoms with Gasteiger partial charge in [0, 0.05) is 24.5 Å². The van der Waals surface area contributed by atoms with Crippen LogP contribution in [0, 0.1) is 12.7 Å². The largest absolute Gasteiger partial charge is 0.326 e. The molecule has 2 amide bonds. The highest BCUT2D eigenvalue weighted by molar-refractivity contribution is 7.92. The smallest absolute Gasteiger partial charge is 0.262 e. The summed E-state index contributed by atoms with van der Waals surface area (Å²) in [6, 6.07) is 16.6. The standard InChI is InChI=1S/C26H24FN3O4S/c1-17-7-10-22(15-25(17)35(33,34)29-21-11-8-20(27)9-12-21)28-26(32)16-24-23-6-4-3-5-19(23)13-14-30(24)18(2)31/h3-15,24,29H,16H2,1-2H3,(H,28,32)/t24-/m0/s1. The maximum atomic E-state index is 13.2. The molecule has 0 bridgehead atoms. The summed E-state index contributed by atoms with van der Waals surface area (Å²) in [5.74, 6) is -1.04. The lowest BCUT2D eigenvalue weighted by molar-refractivity contribution is -0.129. The van der Waals surface area contributed by atoms with Crippen LogP contribution >= 0.6 is 0 Å². The third kappa shape index (κ3) is 5.41. The Kier molecular flexibility index (Phi) is 6.70. The lowest BCUT2D eigenvalue weighted by Crippen LogP contribution is -2.33. The number of sulfonamides is 1. The van der Waals surface area contributed by atoms with Crippen molar-refractivity contribution in [2.75, 3.05) is 10.0 Å². The van der Waals surface area contributed by atoms with E-state index in [0.717, 1.165) is 23.3 Å². The zero-order valence-corrected chi connectivity index (χ0v) is 20.0. The molecule has 180 valence electrons. The molecule has 0 radical (unpaired) electrons. The maximum Gasteiger partial charge on any atom is 0.262 e. The van der Waals surface area contributed by atoms with Crippen molar-refractivity contribution in [1.82, 2.24) is 4.90 Å². The second-order valence-electron chi connectivity index (χ2n) is 8.23. The molecule has 7 nitrogen and oxygen atoms in total. The number of anilines is 2. The predicted octanol–water partition coefficient (Wildman–Crippen LogP) is 4.84. The van der Waals surface area contributed by atoms with Crippen LogP contribution in [0.2, 0.25) is 0 Å². The van der Waals surface area contributed by atoms with Crippen LogP contribution in [0.25, 0.3) is 6.08 Å². The SMILES string of the molecule is CC(=O)N1C=Cc2ccccc2[C@@H]1CC(=O)Nc1ccc(C)c(S(=O)(=O)Nc2ccc(F)cc2)c1. The van der Waals surface area contributed by atoms with E-state index in [9.17, 15) is 22.4 Å². The highest BCUT2D eigenvalue weighted by atomic mass is 32.2. The summed E-state index contributed by atoms with van der Waals surface area (Å²) in [5, 5.41) is 2.75. The number of hydrogen-bond donors (Lipinski definition) is 2. The van der Waals surface area contributed by atoms with E-state index in [1.807, 2.05) is 30.3 Å². The van der Waals surface area contributed by atoms with Crippen LogP contribution in [0.4, 0.5) is 15.8 Å². The van der Waals surface area contributed by atoms with Gasteiger partial charge in [0.25, 0.3) is 10.0 Å². The molecule has 3 aromatic carbocycles. The fourth-order valence-corrected chi connectivity index (χ4v) is 5.33. The average Bonchev–Trinajstić information content (AvgIpc) is 2.81. The van der Waals surface area contributed by atoms with Crippen LogP contribution < -0.4 is 10.0 Å². The Morgan fingerprint density at radius 2 is 1.69 bits per heavy atom. The molecule has 0 spiro atoms. The normalized spacial score (nSPS) is 14.8.